The molecule has 2 heterocycles. The normalized spacial score (nSPS) is 15.8. The zero-order chi connectivity index (χ0) is 16.2. The Labute approximate surface area is 133 Å². The second-order valence-corrected chi connectivity index (χ2v) is 5.49. The lowest BCUT2D eigenvalue weighted by molar-refractivity contribution is 0.127. The molecule has 2 N–H and O–H groups in total. The highest BCUT2D eigenvalue weighted by atomic mass is 16.4. The molecule has 0 atom stereocenters. The van der Waals surface area contributed by atoms with E-state index in [9.17, 15) is 9.59 Å². The summed E-state index contributed by atoms with van der Waals surface area (Å²) in [6, 6.07) is 8.04. The van der Waals surface area contributed by atoms with Crippen LogP contribution in [0.4, 0.5) is 10.5 Å². The minimum atomic E-state index is -0.393. The summed E-state index contributed by atoms with van der Waals surface area (Å²) >= 11 is 0. The first-order valence-electron chi connectivity index (χ1n) is 7.59. The number of aliphatic hydroxyl groups is 1. The lowest BCUT2D eigenvalue weighted by Gasteiger charge is -2.34. The van der Waals surface area contributed by atoms with Crippen LogP contribution in [0.2, 0.25) is 0 Å². The van der Waals surface area contributed by atoms with Gasteiger partial charge >= 0.3 is 11.7 Å². The van der Waals surface area contributed by atoms with E-state index in [2.05, 4.69) is 10.2 Å². The van der Waals surface area contributed by atoms with Crippen LogP contribution in [0.3, 0.4) is 0 Å². The van der Waals surface area contributed by atoms with Crippen molar-refractivity contribution in [3.8, 4) is 0 Å². The Morgan fingerprint density at radius 3 is 2.70 bits per heavy atom. The van der Waals surface area contributed by atoms with E-state index in [-0.39, 0.29) is 12.6 Å². The predicted octanol–water partition coefficient (Wildman–Crippen LogP) is 0.935. The molecule has 1 aliphatic heterocycles. The molecule has 1 aliphatic rings. The average molecular weight is 317 g/mol. The second-order valence-electron chi connectivity index (χ2n) is 5.49. The molecule has 0 saturated carbocycles. The number of fused-ring (bicyclic) bond motifs is 1. The van der Waals surface area contributed by atoms with E-state index >= 15 is 0 Å². The van der Waals surface area contributed by atoms with Crippen LogP contribution in [0.25, 0.3) is 11.0 Å². The molecule has 0 radical (unpaired) electrons. The number of carbonyl (C=O) groups is 1. The van der Waals surface area contributed by atoms with Crippen LogP contribution in [-0.2, 0) is 0 Å². The molecule has 0 unspecified atom stereocenters. The van der Waals surface area contributed by atoms with Gasteiger partial charge in [0, 0.05) is 49.9 Å². The number of aliphatic hydroxyl groups excluding tert-OH is 1. The zero-order valence-corrected chi connectivity index (χ0v) is 12.7. The molecular formula is C16H19N3O4. The zero-order valence-electron chi connectivity index (χ0n) is 12.7. The Balaban J connectivity index is 1.64. The fourth-order valence-electron chi connectivity index (χ4n) is 2.67. The van der Waals surface area contributed by atoms with Crippen molar-refractivity contribution in [3.63, 3.8) is 0 Å². The van der Waals surface area contributed by atoms with Crippen LogP contribution in [0.15, 0.2) is 39.5 Å². The molecule has 0 spiro atoms. The Kier molecular flexibility index (Phi) is 4.59. The Bertz CT molecular complexity index is 750. The lowest BCUT2D eigenvalue weighted by atomic mass is 10.2. The van der Waals surface area contributed by atoms with E-state index in [0.717, 1.165) is 18.5 Å². The number of amides is 2. The molecule has 1 aromatic carbocycles. The van der Waals surface area contributed by atoms with Gasteiger partial charge in [-0.25, -0.2) is 9.59 Å². The summed E-state index contributed by atoms with van der Waals surface area (Å²) in [6.45, 7) is 3.57. The Morgan fingerprint density at radius 1 is 1.17 bits per heavy atom. The molecule has 1 fully saturated rings. The van der Waals surface area contributed by atoms with E-state index in [1.807, 2.05) is 0 Å². The third-order valence-corrected chi connectivity index (χ3v) is 3.95. The van der Waals surface area contributed by atoms with Gasteiger partial charge < -0.3 is 19.7 Å². The largest absolute Gasteiger partial charge is 0.423 e. The maximum absolute atomic E-state index is 12.3. The Morgan fingerprint density at radius 2 is 1.96 bits per heavy atom. The quantitative estimate of drug-likeness (QED) is 0.823. The topological polar surface area (TPSA) is 86.0 Å². The SMILES string of the molecule is O=C(Nc1ccc2oc(=O)ccc2c1)N1CCN(CCO)CC1. The van der Waals surface area contributed by atoms with Crippen LogP contribution in [-0.4, -0.2) is 60.3 Å². The van der Waals surface area contributed by atoms with Gasteiger partial charge in [0.05, 0.1) is 6.61 Å². The number of urea groups is 1. The molecule has 1 aromatic heterocycles. The number of nitrogens with one attached hydrogen (secondary N) is 1. The number of carbonyl (C=O) groups excluding carboxylic acids is 1. The number of rotatable bonds is 3. The molecular weight excluding hydrogens is 298 g/mol. The fourth-order valence-corrected chi connectivity index (χ4v) is 2.67. The summed E-state index contributed by atoms with van der Waals surface area (Å²) in [5.74, 6) is 0. The first kappa shape index (κ1) is 15.5. The van der Waals surface area contributed by atoms with Crippen molar-refractivity contribution in [1.82, 2.24) is 9.80 Å². The van der Waals surface area contributed by atoms with Crippen molar-refractivity contribution in [1.29, 1.82) is 0 Å². The van der Waals surface area contributed by atoms with Gasteiger partial charge in [-0.05, 0) is 24.3 Å². The molecule has 2 aromatic rings. The monoisotopic (exact) mass is 317 g/mol. The fraction of sp³-hybridized carbons (Fsp3) is 0.375. The maximum atomic E-state index is 12.3. The van der Waals surface area contributed by atoms with E-state index in [1.54, 1.807) is 29.2 Å². The van der Waals surface area contributed by atoms with Crippen LogP contribution in [0.5, 0.6) is 0 Å². The predicted molar refractivity (Wildman–Crippen MR) is 86.6 cm³/mol. The van der Waals surface area contributed by atoms with Crippen molar-refractivity contribution in [2.45, 2.75) is 0 Å². The summed E-state index contributed by atoms with van der Waals surface area (Å²) in [5.41, 5.74) is 0.761. The summed E-state index contributed by atoms with van der Waals surface area (Å²) in [7, 11) is 0. The second kappa shape index (κ2) is 6.80. The van der Waals surface area contributed by atoms with Crippen molar-refractivity contribution >= 4 is 22.7 Å². The van der Waals surface area contributed by atoms with Gasteiger partial charge in [-0.3, -0.25) is 4.90 Å². The van der Waals surface area contributed by atoms with Gasteiger partial charge in [-0.2, -0.15) is 0 Å². The summed E-state index contributed by atoms with van der Waals surface area (Å²) in [4.78, 5) is 27.3. The highest BCUT2D eigenvalue weighted by Gasteiger charge is 2.20. The van der Waals surface area contributed by atoms with E-state index in [0.29, 0.717) is 30.9 Å². The van der Waals surface area contributed by atoms with Gasteiger partial charge in [0.2, 0.25) is 0 Å². The number of piperazine rings is 1. The Hall–Kier alpha value is -2.38. The summed E-state index contributed by atoms with van der Waals surface area (Å²) in [6.07, 6.45) is 0. The van der Waals surface area contributed by atoms with E-state index < -0.39 is 5.63 Å². The lowest BCUT2D eigenvalue weighted by Crippen LogP contribution is -2.50. The highest BCUT2D eigenvalue weighted by molar-refractivity contribution is 5.92. The summed E-state index contributed by atoms with van der Waals surface area (Å²) < 4.78 is 5.07. The maximum Gasteiger partial charge on any atom is 0.336 e. The first-order valence-corrected chi connectivity index (χ1v) is 7.59. The van der Waals surface area contributed by atoms with Crippen molar-refractivity contribution in [2.75, 3.05) is 44.6 Å². The molecule has 7 nitrogen and oxygen atoms in total. The van der Waals surface area contributed by atoms with E-state index in [4.69, 9.17) is 9.52 Å². The molecule has 0 aliphatic carbocycles. The van der Waals surface area contributed by atoms with Crippen LogP contribution in [0.1, 0.15) is 0 Å². The highest BCUT2D eigenvalue weighted by Crippen LogP contribution is 2.18. The van der Waals surface area contributed by atoms with Gasteiger partial charge in [-0.15, -0.1) is 0 Å². The molecule has 2 amide bonds. The summed E-state index contributed by atoms with van der Waals surface area (Å²) in [5, 5.41) is 12.6. The molecule has 3 rings (SSSR count). The minimum Gasteiger partial charge on any atom is -0.423 e. The van der Waals surface area contributed by atoms with Crippen molar-refractivity contribution in [2.24, 2.45) is 0 Å². The van der Waals surface area contributed by atoms with Gasteiger partial charge in [0.15, 0.2) is 0 Å². The third-order valence-electron chi connectivity index (χ3n) is 3.95. The molecule has 23 heavy (non-hydrogen) atoms. The number of hydrogen-bond acceptors (Lipinski definition) is 5. The number of β-amino-alcohol motifs (C(OH)–C–C–N with tert-alkyl or cyclic N) is 1. The molecule has 1 saturated heterocycles. The average Bonchev–Trinajstić information content (AvgIpc) is 2.56. The van der Waals surface area contributed by atoms with E-state index in [1.165, 1.54) is 6.07 Å². The molecule has 0 bridgehead atoms. The minimum absolute atomic E-state index is 0.138. The van der Waals surface area contributed by atoms with Gasteiger partial charge in [-0.1, -0.05) is 0 Å². The van der Waals surface area contributed by atoms with Gasteiger partial charge in [0.1, 0.15) is 5.58 Å². The van der Waals surface area contributed by atoms with Crippen LogP contribution in [0, 0.1) is 0 Å². The smallest absolute Gasteiger partial charge is 0.336 e. The third kappa shape index (κ3) is 3.69. The first-order chi connectivity index (χ1) is 11.2. The van der Waals surface area contributed by atoms with Crippen molar-refractivity contribution in [3.05, 3.63) is 40.8 Å². The standard InChI is InChI=1S/C16H19N3O4/c20-10-9-18-5-7-19(8-6-18)16(22)17-13-2-3-14-12(11-13)1-4-15(21)23-14/h1-4,11,20H,5-10H2,(H,17,22). The van der Waals surface area contributed by atoms with Crippen LogP contribution < -0.4 is 10.9 Å². The molecule has 122 valence electrons. The molecule has 7 heteroatoms. The number of anilines is 1. The van der Waals surface area contributed by atoms with Gasteiger partial charge in [0.25, 0.3) is 0 Å². The van der Waals surface area contributed by atoms with Crippen molar-refractivity contribution < 1.29 is 14.3 Å². The number of hydrogen-bond donors (Lipinski definition) is 2. The van der Waals surface area contributed by atoms with Crippen LogP contribution >= 0.6 is 0 Å². The number of nitrogens with zero attached hydrogens (tertiary/aromatic N) is 2. The number of benzene rings is 1.